The average Bonchev–Trinajstić information content (AvgIpc) is 3.15. The first-order valence-corrected chi connectivity index (χ1v) is 11.0. The van der Waals surface area contributed by atoms with Crippen molar-refractivity contribution in [3.63, 3.8) is 0 Å². The summed E-state index contributed by atoms with van der Waals surface area (Å²) in [6, 6.07) is 19.6. The smallest absolute Gasteiger partial charge is 0.242 e. The third kappa shape index (κ3) is 4.88. The molecule has 3 N–H and O–H groups in total. The van der Waals surface area contributed by atoms with Crippen LogP contribution in [0.4, 0.5) is 10.1 Å². The van der Waals surface area contributed by atoms with Gasteiger partial charge in [-0.2, -0.15) is 0 Å². The van der Waals surface area contributed by atoms with Crippen molar-refractivity contribution in [2.45, 2.75) is 10.4 Å². The summed E-state index contributed by atoms with van der Waals surface area (Å²) < 4.78 is 14.5. The first-order chi connectivity index (χ1) is 15.4. The molecule has 1 aromatic heterocycles. The summed E-state index contributed by atoms with van der Waals surface area (Å²) in [5, 5.41) is 11.6. The van der Waals surface area contributed by atoms with Crippen LogP contribution in [0.15, 0.2) is 78.0 Å². The van der Waals surface area contributed by atoms with Crippen LogP contribution in [0.2, 0.25) is 10.0 Å². The number of anilines is 1. The minimum atomic E-state index is -0.699. The number of carbonyl (C=O) groups excluding carboxylic acids is 1. The second kappa shape index (κ2) is 9.60. The van der Waals surface area contributed by atoms with Crippen LogP contribution in [0.25, 0.3) is 11.4 Å². The summed E-state index contributed by atoms with van der Waals surface area (Å²) in [7, 11) is 0. The molecule has 0 spiro atoms. The number of thioether (sulfide) groups is 1. The highest BCUT2D eigenvalue weighted by atomic mass is 35.5. The fraction of sp³-hybridized carbons (Fsp3) is 0.0455. The van der Waals surface area contributed by atoms with E-state index in [4.69, 9.17) is 29.0 Å². The third-order valence-corrected chi connectivity index (χ3v) is 6.29. The monoisotopic (exact) mass is 487 g/mol. The number of hydrogen-bond acceptors (Lipinski definition) is 5. The maximum absolute atomic E-state index is 13.2. The number of benzene rings is 3. The van der Waals surface area contributed by atoms with Gasteiger partial charge < -0.3 is 11.2 Å². The van der Waals surface area contributed by atoms with Crippen LogP contribution in [-0.2, 0) is 4.79 Å². The molecule has 0 saturated carbocycles. The molecule has 10 heteroatoms. The number of rotatable bonds is 6. The van der Waals surface area contributed by atoms with Crippen LogP contribution < -0.4 is 11.2 Å². The Labute approximate surface area is 197 Å². The van der Waals surface area contributed by atoms with E-state index in [0.29, 0.717) is 32.3 Å². The van der Waals surface area contributed by atoms with Crippen LogP contribution in [0.1, 0.15) is 10.8 Å². The number of nitrogens with zero attached hydrogens (tertiary/aromatic N) is 3. The van der Waals surface area contributed by atoms with E-state index in [1.165, 1.54) is 28.9 Å². The molecule has 32 heavy (non-hydrogen) atoms. The highest BCUT2D eigenvalue weighted by molar-refractivity contribution is 8.00. The number of amides is 1. The van der Waals surface area contributed by atoms with Crippen LogP contribution >= 0.6 is 35.0 Å². The van der Waals surface area contributed by atoms with Gasteiger partial charge in [0.2, 0.25) is 11.1 Å². The Hall–Kier alpha value is -3.07. The number of nitrogens with two attached hydrogens (primary N) is 1. The number of carbonyl (C=O) groups is 1. The number of aromatic nitrogens is 3. The Kier molecular flexibility index (Phi) is 6.64. The molecule has 0 aliphatic heterocycles. The van der Waals surface area contributed by atoms with Gasteiger partial charge in [-0.3, -0.25) is 4.79 Å². The van der Waals surface area contributed by atoms with Crippen molar-refractivity contribution in [2.75, 3.05) is 11.2 Å². The van der Waals surface area contributed by atoms with Gasteiger partial charge >= 0.3 is 0 Å². The van der Waals surface area contributed by atoms with Crippen molar-refractivity contribution in [3.8, 4) is 11.4 Å². The highest BCUT2D eigenvalue weighted by Gasteiger charge is 2.26. The minimum Gasteiger partial charge on any atom is -0.335 e. The lowest BCUT2D eigenvalue weighted by atomic mass is 10.1. The van der Waals surface area contributed by atoms with Crippen LogP contribution in [0.3, 0.4) is 0 Å². The first-order valence-electron chi connectivity index (χ1n) is 9.36. The molecule has 1 amide bonds. The molecular weight excluding hydrogens is 472 g/mol. The lowest BCUT2D eigenvalue weighted by Crippen LogP contribution is -2.20. The Bertz CT molecular complexity index is 1250. The van der Waals surface area contributed by atoms with Crippen molar-refractivity contribution in [3.05, 3.63) is 94.2 Å². The molecule has 0 bridgehead atoms. The number of nitrogen functional groups attached to an aromatic ring is 1. The fourth-order valence-corrected chi connectivity index (χ4v) is 4.29. The predicted molar refractivity (Wildman–Crippen MR) is 126 cm³/mol. The normalized spacial score (nSPS) is 11.8. The maximum Gasteiger partial charge on any atom is 0.242 e. The lowest BCUT2D eigenvalue weighted by molar-refractivity contribution is -0.115. The standard InChI is InChI=1S/C22H16Cl2FN5OS/c23-14-6-11-18(24)17(12-14)20-28-29-22(30(20)26)32-19(13-4-2-1-3-5-13)21(31)27-16-9-7-15(25)8-10-16/h1-12,19H,26H2,(H,27,31). The molecule has 1 heterocycles. The molecule has 1 atom stereocenters. The molecule has 0 aliphatic rings. The fourth-order valence-electron chi connectivity index (χ4n) is 2.96. The van der Waals surface area contributed by atoms with Gasteiger partial charge in [0.15, 0.2) is 5.82 Å². The highest BCUT2D eigenvalue weighted by Crippen LogP contribution is 2.37. The topological polar surface area (TPSA) is 85.8 Å². The van der Waals surface area contributed by atoms with Crippen molar-refractivity contribution in [2.24, 2.45) is 0 Å². The van der Waals surface area contributed by atoms with E-state index in [1.807, 2.05) is 30.3 Å². The van der Waals surface area contributed by atoms with E-state index in [-0.39, 0.29) is 11.7 Å². The minimum absolute atomic E-state index is 0.305. The molecule has 6 nitrogen and oxygen atoms in total. The molecular formula is C22H16Cl2FN5OS. The van der Waals surface area contributed by atoms with Crippen molar-refractivity contribution in [1.82, 2.24) is 14.9 Å². The van der Waals surface area contributed by atoms with E-state index in [0.717, 1.165) is 17.3 Å². The molecule has 0 fully saturated rings. The largest absolute Gasteiger partial charge is 0.335 e. The molecule has 4 rings (SSSR count). The molecule has 1 unspecified atom stereocenters. The Morgan fingerprint density at radius 2 is 1.75 bits per heavy atom. The second-order valence-electron chi connectivity index (χ2n) is 6.71. The van der Waals surface area contributed by atoms with E-state index >= 15 is 0 Å². The summed E-state index contributed by atoms with van der Waals surface area (Å²) >= 11 is 13.5. The lowest BCUT2D eigenvalue weighted by Gasteiger charge is -2.16. The third-order valence-electron chi connectivity index (χ3n) is 4.51. The van der Waals surface area contributed by atoms with E-state index in [2.05, 4.69) is 15.5 Å². The van der Waals surface area contributed by atoms with Gasteiger partial charge in [-0.25, -0.2) is 9.07 Å². The number of hydrogen-bond donors (Lipinski definition) is 2. The Morgan fingerprint density at radius 3 is 2.47 bits per heavy atom. The van der Waals surface area contributed by atoms with Gasteiger partial charge in [-0.1, -0.05) is 65.3 Å². The van der Waals surface area contributed by atoms with Crippen molar-refractivity contribution < 1.29 is 9.18 Å². The molecule has 0 radical (unpaired) electrons. The molecule has 3 aromatic carbocycles. The quantitative estimate of drug-likeness (QED) is 0.274. The summed E-state index contributed by atoms with van der Waals surface area (Å²) in [6.07, 6.45) is 0. The second-order valence-corrected chi connectivity index (χ2v) is 8.62. The summed E-state index contributed by atoms with van der Waals surface area (Å²) in [5.74, 6) is 5.85. The molecule has 0 saturated heterocycles. The van der Waals surface area contributed by atoms with Crippen molar-refractivity contribution in [1.29, 1.82) is 0 Å². The van der Waals surface area contributed by atoms with E-state index in [1.54, 1.807) is 18.2 Å². The van der Waals surface area contributed by atoms with Gasteiger partial charge in [0, 0.05) is 16.3 Å². The SMILES string of the molecule is Nn1c(SC(C(=O)Nc2ccc(F)cc2)c2ccccc2)nnc1-c1cc(Cl)ccc1Cl. The van der Waals surface area contributed by atoms with E-state index in [9.17, 15) is 9.18 Å². The zero-order valence-electron chi connectivity index (χ0n) is 16.4. The Balaban J connectivity index is 1.65. The van der Waals surface area contributed by atoms with Gasteiger partial charge in [0.1, 0.15) is 11.1 Å². The molecule has 0 aliphatic carbocycles. The van der Waals surface area contributed by atoms with Gasteiger partial charge in [-0.15, -0.1) is 10.2 Å². The zero-order chi connectivity index (χ0) is 22.7. The van der Waals surface area contributed by atoms with Gasteiger partial charge in [0.05, 0.1) is 5.02 Å². The Morgan fingerprint density at radius 1 is 1.03 bits per heavy atom. The first kappa shape index (κ1) is 22.1. The summed E-state index contributed by atoms with van der Waals surface area (Å²) in [4.78, 5) is 13.1. The number of halogens is 3. The summed E-state index contributed by atoms with van der Waals surface area (Å²) in [5.41, 5.74) is 1.73. The van der Waals surface area contributed by atoms with Gasteiger partial charge in [0.25, 0.3) is 0 Å². The van der Waals surface area contributed by atoms with Crippen LogP contribution in [-0.4, -0.2) is 20.8 Å². The molecule has 162 valence electrons. The number of nitrogens with one attached hydrogen (secondary N) is 1. The summed E-state index contributed by atoms with van der Waals surface area (Å²) in [6.45, 7) is 0. The average molecular weight is 488 g/mol. The maximum atomic E-state index is 13.2. The molecule has 4 aromatic rings. The van der Waals surface area contributed by atoms with E-state index < -0.39 is 5.25 Å². The zero-order valence-corrected chi connectivity index (χ0v) is 18.7. The van der Waals surface area contributed by atoms with Crippen LogP contribution in [0.5, 0.6) is 0 Å². The van der Waals surface area contributed by atoms with Crippen molar-refractivity contribution >= 4 is 46.6 Å². The predicted octanol–water partition coefficient (Wildman–Crippen LogP) is 5.58. The van der Waals surface area contributed by atoms with Gasteiger partial charge in [-0.05, 0) is 48.0 Å². The van der Waals surface area contributed by atoms with Crippen LogP contribution in [0, 0.1) is 5.82 Å².